The zero-order chi connectivity index (χ0) is 43.5. The van der Waals surface area contributed by atoms with Crippen molar-refractivity contribution in [3.63, 3.8) is 0 Å². The Kier molecular flexibility index (Phi) is 7.72. The predicted octanol–water partition coefficient (Wildman–Crippen LogP) is 14.7. The molecule has 0 fully saturated rings. The van der Waals surface area contributed by atoms with Crippen molar-refractivity contribution in [3.8, 4) is 28.2 Å². The third-order valence-corrected chi connectivity index (χ3v) is 14.3. The molecule has 0 saturated carbocycles. The number of hydrogen-bond donors (Lipinski definition) is 0. The lowest BCUT2D eigenvalue weighted by atomic mass is 9.66. The van der Waals surface area contributed by atoms with Crippen LogP contribution < -0.4 is 5.43 Å². The van der Waals surface area contributed by atoms with E-state index < -0.39 is 5.41 Å². The van der Waals surface area contributed by atoms with Crippen LogP contribution in [0.25, 0.3) is 93.6 Å². The molecule has 4 nitrogen and oxygen atoms in total. The second-order valence-electron chi connectivity index (χ2n) is 17.5. The lowest BCUT2D eigenvalue weighted by molar-refractivity contribution is 0.755. The van der Waals surface area contributed by atoms with E-state index >= 15 is 0 Å². The number of benzene rings is 10. The van der Waals surface area contributed by atoms with Gasteiger partial charge in [-0.1, -0.05) is 164 Å². The first-order chi connectivity index (χ1) is 32.7. The molecule has 66 heavy (non-hydrogen) atoms. The molecule has 1 aliphatic rings. The third kappa shape index (κ3) is 4.85. The van der Waals surface area contributed by atoms with Gasteiger partial charge in [0.2, 0.25) is 0 Å². The van der Waals surface area contributed by atoms with Crippen LogP contribution in [0.4, 0.5) is 0 Å². The van der Waals surface area contributed by atoms with Gasteiger partial charge in [0.1, 0.15) is 0 Å². The summed E-state index contributed by atoms with van der Waals surface area (Å²) in [6.07, 6.45) is 0. The van der Waals surface area contributed by atoms with Crippen LogP contribution in [0.1, 0.15) is 22.3 Å². The Hall–Kier alpha value is -8.73. The average Bonchev–Trinajstić information content (AvgIpc) is 4.01. The maximum atomic E-state index is 14.3. The lowest BCUT2D eigenvalue weighted by Crippen LogP contribution is -2.31. The summed E-state index contributed by atoms with van der Waals surface area (Å²) in [4.78, 5) is 14.3. The van der Waals surface area contributed by atoms with Crippen LogP contribution in [-0.2, 0) is 5.41 Å². The summed E-state index contributed by atoms with van der Waals surface area (Å²) in [5.41, 5.74) is 15.9. The van der Waals surface area contributed by atoms with Gasteiger partial charge in [-0.3, -0.25) is 4.79 Å². The molecule has 1 aliphatic carbocycles. The quantitative estimate of drug-likeness (QED) is 0.159. The van der Waals surface area contributed by atoms with E-state index in [1.807, 2.05) is 36.4 Å². The second-order valence-corrected chi connectivity index (χ2v) is 17.5. The number of rotatable bonds is 5. The Morgan fingerprint density at radius 2 is 0.667 bits per heavy atom. The van der Waals surface area contributed by atoms with Crippen molar-refractivity contribution >= 4 is 65.4 Å². The molecule has 13 aromatic rings. The van der Waals surface area contributed by atoms with Crippen molar-refractivity contribution < 1.29 is 0 Å². The highest BCUT2D eigenvalue weighted by Gasteiger charge is 2.50. The first kappa shape index (κ1) is 36.7. The minimum absolute atomic E-state index is 0.0414. The Balaban J connectivity index is 1.17. The van der Waals surface area contributed by atoms with E-state index in [1.54, 1.807) is 0 Å². The minimum Gasteiger partial charge on any atom is -0.309 e. The van der Waals surface area contributed by atoms with Crippen molar-refractivity contribution in [2.45, 2.75) is 5.41 Å². The van der Waals surface area contributed by atoms with Crippen molar-refractivity contribution in [3.05, 3.63) is 269 Å². The normalized spacial score (nSPS) is 13.0. The predicted molar refractivity (Wildman–Crippen MR) is 273 cm³/mol. The minimum atomic E-state index is -0.813. The summed E-state index contributed by atoms with van der Waals surface area (Å²) in [5, 5.41) is 6.26. The number of aromatic nitrogens is 3. The van der Waals surface area contributed by atoms with E-state index in [0.29, 0.717) is 10.8 Å². The van der Waals surface area contributed by atoms with Crippen LogP contribution in [0.15, 0.2) is 241 Å². The fourth-order valence-electron chi connectivity index (χ4n) is 11.7. The topological polar surface area (TPSA) is 31.9 Å². The number of hydrogen-bond acceptors (Lipinski definition) is 1. The molecule has 0 aliphatic heterocycles. The first-order valence-electron chi connectivity index (χ1n) is 22.7. The number of nitrogens with zero attached hydrogens (tertiary/aromatic N) is 3. The van der Waals surface area contributed by atoms with Crippen molar-refractivity contribution in [1.29, 1.82) is 0 Å². The molecule has 308 valence electrons. The van der Waals surface area contributed by atoms with Crippen LogP contribution in [0.5, 0.6) is 0 Å². The van der Waals surface area contributed by atoms with Crippen LogP contribution in [0.3, 0.4) is 0 Å². The Morgan fingerprint density at radius 3 is 1.17 bits per heavy atom. The van der Waals surface area contributed by atoms with Crippen LogP contribution in [0.2, 0.25) is 0 Å². The molecular weight excluding hydrogens is 803 g/mol. The molecule has 14 rings (SSSR count). The molecule has 0 amide bonds. The van der Waals surface area contributed by atoms with Crippen LogP contribution in [-0.4, -0.2) is 13.7 Å². The fraction of sp³-hybridized carbons (Fsp3) is 0.0161. The van der Waals surface area contributed by atoms with Gasteiger partial charge in [-0.2, -0.15) is 0 Å². The summed E-state index contributed by atoms with van der Waals surface area (Å²) in [6.45, 7) is 0. The third-order valence-electron chi connectivity index (χ3n) is 14.3. The van der Waals surface area contributed by atoms with Gasteiger partial charge in [0.15, 0.2) is 5.43 Å². The molecule has 0 radical (unpaired) electrons. The number of pyridine rings is 1. The van der Waals surface area contributed by atoms with Crippen molar-refractivity contribution in [1.82, 2.24) is 13.7 Å². The summed E-state index contributed by atoms with van der Waals surface area (Å²) < 4.78 is 7.30. The highest BCUT2D eigenvalue weighted by atomic mass is 16.1. The monoisotopic (exact) mass is 841 g/mol. The standard InChI is InChI=1S/C62H39N3O/c66-61-47-28-12-16-34-53(47)64(54-35-17-13-29-48(54)61)55-36-18-30-45-46-31-19-37-56(60(46)62(59(45)55,40-20-4-1-5-21-40)41-22-6-2-7-23-41)65-52-33-15-11-27-44(52)50-38-49-43-26-10-14-32-51(43)63(57(49)39-58(50)65)42-24-8-3-9-25-42/h1-39H. The Labute approximate surface area is 380 Å². The molecule has 0 N–H and O–H groups in total. The average molecular weight is 842 g/mol. The summed E-state index contributed by atoms with van der Waals surface area (Å²) in [5.74, 6) is 0. The molecule has 4 heteroatoms. The number of para-hydroxylation sites is 5. The van der Waals surface area contributed by atoms with Gasteiger partial charge in [0.05, 0.1) is 49.9 Å². The molecule has 0 unspecified atom stereocenters. The smallest absolute Gasteiger partial charge is 0.197 e. The molecule has 0 bridgehead atoms. The maximum absolute atomic E-state index is 14.3. The maximum Gasteiger partial charge on any atom is 0.197 e. The lowest BCUT2D eigenvalue weighted by Gasteiger charge is -2.37. The van der Waals surface area contributed by atoms with Gasteiger partial charge in [-0.15, -0.1) is 0 Å². The summed E-state index contributed by atoms with van der Waals surface area (Å²) in [7, 11) is 0. The SMILES string of the molecule is O=c1c2ccccc2n(-c2cccc3c2C(c2ccccc2)(c2ccccc2)c2c-3cccc2-n2c3ccccc3c3cc4c5ccccc5n(-c5ccccc5)c4cc32)c2ccccc12. The van der Waals surface area contributed by atoms with E-state index in [0.717, 1.165) is 61.3 Å². The molecule has 3 heterocycles. The Bertz CT molecular complexity index is 4080. The molecule has 0 saturated heterocycles. The van der Waals surface area contributed by atoms with Crippen LogP contribution in [0, 0.1) is 0 Å². The largest absolute Gasteiger partial charge is 0.309 e. The first-order valence-corrected chi connectivity index (χ1v) is 22.7. The molecule has 0 spiro atoms. The molecule has 0 atom stereocenters. The molecule has 10 aromatic carbocycles. The van der Waals surface area contributed by atoms with Crippen LogP contribution >= 0.6 is 0 Å². The fourth-order valence-corrected chi connectivity index (χ4v) is 11.7. The highest BCUT2D eigenvalue weighted by molar-refractivity contribution is 6.19. The molecule has 3 aromatic heterocycles. The highest BCUT2D eigenvalue weighted by Crippen LogP contribution is 2.60. The zero-order valence-electron chi connectivity index (χ0n) is 35.8. The zero-order valence-corrected chi connectivity index (χ0v) is 35.8. The van der Waals surface area contributed by atoms with Gasteiger partial charge in [-0.05, 0) is 95.1 Å². The Morgan fingerprint density at radius 1 is 0.288 bits per heavy atom. The van der Waals surface area contributed by atoms with E-state index in [1.165, 1.54) is 43.8 Å². The second kappa shape index (κ2) is 13.9. The number of fused-ring (bicyclic) bond motifs is 11. The van der Waals surface area contributed by atoms with E-state index in [9.17, 15) is 4.79 Å². The van der Waals surface area contributed by atoms with Crippen molar-refractivity contribution in [2.75, 3.05) is 0 Å². The van der Waals surface area contributed by atoms with Gasteiger partial charge < -0.3 is 13.7 Å². The summed E-state index contributed by atoms with van der Waals surface area (Å²) in [6, 6.07) is 85.2. The van der Waals surface area contributed by atoms with E-state index in [2.05, 4.69) is 214 Å². The van der Waals surface area contributed by atoms with Crippen molar-refractivity contribution in [2.24, 2.45) is 0 Å². The summed E-state index contributed by atoms with van der Waals surface area (Å²) >= 11 is 0. The van der Waals surface area contributed by atoms with E-state index in [-0.39, 0.29) is 5.43 Å². The van der Waals surface area contributed by atoms with Gasteiger partial charge in [0.25, 0.3) is 0 Å². The van der Waals surface area contributed by atoms with Gasteiger partial charge in [-0.25, -0.2) is 0 Å². The van der Waals surface area contributed by atoms with Gasteiger partial charge in [0, 0.05) is 49.1 Å². The van der Waals surface area contributed by atoms with Gasteiger partial charge >= 0.3 is 0 Å². The molecular formula is C62H39N3O. The van der Waals surface area contributed by atoms with E-state index in [4.69, 9.17) is 0 Å².